The molecule has 0 atom stereocenters. The van der Waals surface area contributed by atoms with E-state index in [-0.39, 0.29) is 17.9 Å². The van der Waals surface area contributed by atoms with E-state index in [9.17, 15) is 9.18 Å². The number of fused-ring (bicyclic) bond motifs is 1. The number of nitrogens with zero attached hydrogens (tertiary/aromatic N) is 1. The third-order valence-electron chi connectivity index (χ3n) is 5.87. The fraction of sp³-hybridized carbons (Fsp3) is 0.222. The van der Waals surface area contributed by atoms with E-state index in [2.05, 4.69) is 0 Å². The lowest BCUT2D eigenvalue weighted by atomic mass is 9.99. The van der Waals surface area contributed by atoms with Crippen molar-refractivity contribution in [2.45, 2.75) is 6.54 Å². The zero-order chi connectivity index (χ0) is 25.1. The Bertz CT molecular complexity index is 1430. The number of hydrogen-bond acceptors (Lipinski definition) is 6. The molecule has 0 unspecified atom stereocenters. The van der Waals surface area contributed by atoms with Crippen molar-refractivity contribution in [1.82, 2.24) is 4.57 Å². The largest absolute Gasteiger partial charge is 0.497 e. The van der Waals surface area contributed by atoms with Gasteiger partial charge in [0.05, 0.1) is 53.0 Å². The first kappa shape index (κ1) is 23.9. The molecule has 35 heavy (non-hydrogen) atoms. The first-order chi connectivity index (χ1) is 16.9. The molecule has 4 aromatic rings. The van der Waals surface area contributed by atoms with Crippen molar-refractivity contribution in [3.8, 4) is 39.9 Å². The van der Waals surface area contributed by atoms with Crippen LogP contribution in [-0.4, -0.2) is 40.1 Å². The van der Waals surface area contributed by atoms with Crippen molar-refractivity contribution in [2.75, 3.05) is 35.5 Å². The van der Waals surface area contributed by atoms with Gasteiger partial charge in [-0.2, -0.15) is 0 Å². The summed E-state index contributed by atoms with van der Waals surface area (Å²) in [5.41, 5.74) is 2.27. The lowest BCUT2D eigenvalue weighted by Gasteiger charge is -2.21. The van der Waals surface area contributed by atoms with Crippen LogP contribution in [0.15, 0.2) is 59.4 Å². The third kappa shape index (κ3) is 4.35. The topological polar surface area (TPSA) is 68.2 Å². The Kier molecular flexibility index (Phi) is 6.82. The Morgan fingerprint density at radius 2 is 1.43 bits per heavy atom. The van der Waals surface area contributed by atoms with Crippen molar-refractivity contribution < 1.29 is 28.1 Å². The highest BCUT2D eigenvalue weighted by Crippen LogP contribution is 2.46. The van der Waals surface area contributed by atoms with Crippen LogP contribution in [0.4, 0.5) is 4.39 Å². The second-order valence-corrected chi connectivity index (χ2v) is 7.71. The molecule has 0 aliphatic rings. The molecule has 0 aliphatic carbocycles. The second-order valence-electron chi connectivity index (χ2n) is 7.71. The molecule has 8 heteroatoms. The zero-order valence-corrected chi connectivity index (χ0v) is 20.2. The third-order valence-corrected chi connectivity index (χ3v) is 5.87. The van der Waals surface area contributed by atoms with Crippen LogP contribution in [0.2, 0.25) is 0 Å². The van der Waals surface area contributed by atoms with Gasteiger partial charge in [-0.25, -0.2) is 4.39 Å². The van der Waals surface area contributed by atoms with Gasteiger partial charge >= 0.3 is 0 Å². The number of methoxy groups -OCH3 is 5. The Balaban J connectivity index is 2.08. The molecule has 0 radical (unpaired) electrons. The fourth-order valence-corrected chi connectivity index (χ4v) is 4.20. The minimum Gasteiger partial charge on any atom is -0.497 e. The van der Waals surface area contributed by atoms with E-state index in [1.807, 2.05) is 6.07 Å². The second kappa shape index (κ2) is 9.97. The highest BCUT2D eigenvalue weighted by Gasteiger charge is 2.23. The minimum absolute atomic E-state index is 0.193. The van der Waals surface area contributed by atoms with Gasteiger partial charge in [0.25, 0.3) is 5.56 Å². The molecular formula is C27H26FNO6. The Labute approximate surface area is 202 Å². The summed E-state index contributed by atoms with van der Waals surface area (Å²) >= 11 is 0. The van der Waals surface area contributed by atoms with Crippen molar-refractivity contribution in [2.24, 2.45) is 0 Å². The molecule has 0 fully saturated rings. The fourth-order valence-electron chi connectivity index (χ4n) is 4.20. The zero-order valence-electron chi connectivity index (χ0n) is 20.2. The summed E-state index contributed by atoms with van der Waals surface area (Å²) in [7, 11) is 7.69. The molecule has 0 saturated heterocycles. The van der Waals surface area contributed by atoms with E-state index < -0.39 is 0 Å². The van der Waals surface area contributed by atoms with Gasteiger partial charge in [-0.05, 0) is 35.9 Å². The smallest absolute Gasteiger partial charge is 0.251 e. The van der Waals surface area contributed by atoms with Crippen LogP contribution in [0.5, 0.6) is 28.7 Å². The predicted molar refractivity (Wildman–Crippen MR) is 132 cm³/mol. The molecule has 0 bridgehead atoms. The Morgan fingerprint density at radius 1 is 0.743 bits per heavy atom. The highest BCUT2D eigenvalue weighted by atomic mass is 19.1. The van der Waals surface area contributed by atoms with Crippen LogP contribution < -0.4 is 29.2 Å². The summed E-state index contributed by atoms with van der Waals surface area (Å²) in [6, 6.07) is 14.6. The van der Waals surface area contributed by atoms with Crippen molar-refractivity contribution in [3.63, 3.8) is 0 Å². The first-order valence-electron chi connectivity index (χ1n) is 10.8. The predicted octanol–water partition coefficient (Wildman–Crippen LogP) is 4.90. The van der Waals surface area contributed by atoms with Gasteiger partial charge < -0.3 is 28.3 Å². The van der Waals surface area contributed by atoms with Gasteiger partial charge in [-0.3, -0.25) is 4.79 Å². The lowest BCUT2D eigenvalue weighted by Crippen LogP contribution is -2.21. The molecule has 1 aromatic heterocycles. The van der Waals surface area contributed by atoms with Crippen molar-refractivity contribution in [1.29, 1.82) is 0 Å². The maximum atomic E-state index is 13.6. The molecule has 0 spiro atoms. The molecule has 0 aliphatic heterocycles. The normalized spacial score (nSPS) is 10.8. The SMILES string of the molecule is COc1ccc(OC)c(Cn2c(=O)cc(-c3ccc(F)cc3)c3c(OC)c(OC)c(OC)cc32)c1. The summed E-state index contributed by atoms with van der Waals surface area (Å²) in [6.45, 7) is 0.193. The maximum Gasteiger partial charge on any atom is 0.251 e. The van der Waals surface area contributed by atoms with E-state index in [0.717, 1.165) is 5.56 Å². The quantitative estimate of drug-likeness (QED) is 0.358. The van der Waals surface area contributed by atoms with Crippen LogP contribution in [0.1, 0.15) is 5.56 Å². The van der Waals surface area contributed by atoms with Gasteiger partial charge in [0.15, 0.2) is 11.5 Å². The first-order valence-corrected chi connectivity index (χ1v) is 10.8. The molecule has 1 heterocycles. The Hall–Kier alpha value is -4.20. The van der Waals surface area contributed by atoms with Crippen LogP contribution in [-0.2, 0) is 6.54 Å². The molecule has 3 aromatic carbocycles. The molecular weight excluding hydrogens is 453 g/mol. The maximum absolute atomic E-state index is 13.6. The Morgan fingerprint density at radius 3 is 2.03 bits per heavy atom. The van der Waals surface area contributed by atoms with Gasteiger partial charge in [0.2, 0.25) is 5.75 Å². The molecule has 4 rings (SSSR count). The number of benzene rings is 3. The standard InChI is InChI=1S/C27H26FNO6/c1-31-19-10-11-22(32-2)17(12-19)15-29-21-14-23(33-3)26(34-4)27(35-5)25(21)20(13-24(29)30)16-6-8-18(28)9-7-16/h6-14H,15H2,1-5H3. The van der Waals surface area contributed by atoms with E-state index in [1.54, 1.807) is 49.1 Å². The van der Waals surface area contributed by atoms with Gasteiger partial charge in [-0.15, -0.1) is 0 Å². The summed E-state index contributed by atoms with van der Waals surface area (Å²) in [6.07, 6.45) is 0. The summed E-state index contributed by atoms with van der Waals surface area (Å²) in [5.74, 6) is 2.06. The summed E-state index contributed by atoms with van der Waals surface area (Å²) < 4.78 is 43.1. The van der Waals surface area contributed by atoms with E-state index in [4.69, 9.17) is 23.7 Å². The number of rotatable bonds is 8. The molecule has 182 valence electrons. The van der Waals surface area contributed by atoms with Gasteiger partial charge in [0.1, 0.15) is 17.3 Å². The van der Waals surface area contributed by atoms with E-state index in [0.29, 0.717) is 50.8 Å². The summed E-state index contributed by atoms with van der Waals surface area (Å²) in [5, 5.41) is 0.623. The number of hydrogen-bond donors (Lipinski definition) is 0. The van der Waals surface area contributed by atoms with Crippen molar-refractivity contribution in [3.05, 3.63) is 76.3 Å². The van der Waals surface area contributed by atoms with Crippen molar-refractivity contribution >= 4 is 10.9 Å². The number of halogens is 1. The molecule has 7 nitrogen and oxygen atoms in total. The van der Waals surface area contributed by atoms with E-state index in [1.165, 1.54) is 39.5 Å². The van der Waals surface area contributed by atoms with Crippen LogP contribution in [0, 0.1) is 5.82 Å². The number of ether oxygens (including phenoxy) is 5. The van der Waals surface area contributed by atoms with Gasteiger partial charge in [0, 0.05) is 23.3 Å². The number of pyridine rings is 1. The van der Waals surface area contributed by atoms with Crippen LogP contribution in [0.25, 0.3) is 22.0 Å². The average molecular weight is 480 g/mol. The van der Waals surface area contributed by atoms with Crippen LogP contribution in [0.3, 0.4) is 0 Å². The average Bonchev–Trinajstić information content (AvgIpc) is 2.89. The number of aromatic nitrogens is 1. The minimum atomic E-state index is -0.372. The molecule has 0 amide bonds. The highest BCUT2D eigenvalue weighted by molar-refractivity contribution is 6.02. The van der Waals surface area contributed by atoms with E-state index >= 15 is 0 Å². The molecule has 0 N–H and O–H groups in total. The molecule has 0 saturated carbocycles. The van der Waals surface area contributed by atoms with Crippen LogP contribution >= 0.6 is 0 Å². The van der Waals surface area contributed by atoms with Gasteiger partial charge in [-0.1, -0.05) is 12.1 Å². The summed E-state index contributed by atoms with van der Waals surface area (Å²) in [4.78, 5) is 13.5. The lowest BCUT2D eigenvalue weighted by molar-refractivity contribution is 0.327. The monoisotopic (exact) mass is 479 g/mol.